The van der Waals surface area contributed by atoms with Gasteiger partial charge in [-0.2, -0.15) is 0 Å². The lowest BCUT2D eigenvalue weighted by molar-refractivity contribution is 1.13. The normalized spacial score (nSPS) is 11.1. The van der Waals surface area contributed by atoms with Crippen LogP contribution in [0.3, 0.4) is 0 Å². The summed E-state index contributed by atoms with van der Waals surface area (Å²) in [4.78, 5) is 0. The quantitative estimate of drug-likeness (QED) is 0.205. The minimum Gasteiger partial charge on any atom is -0.0938 e. The van der Waals surface area contributed by atoms with Crippen LogP contribution in [-0.2, 0) is 12.8 Å². The Balaban J connectivity index is 1.77. The van der Waals surface area contributed by atoms with Crippen molar-refractivity contribution in [3.05, 3.63) is 62.2 Å². The maximum atomic E-state index is 3.64. The van der Waals surface area contributed by atoms with Crippen molar-refractivity contribution in [3.63, 3.8) is 0 Å². The molecular formula is C16H12Br6S2. The van der Waals surface area contributed by atoms with Crippen LogP contribution < -0.4 is 0 Å². The van der Waals surface area contributed by atoms with Crippen LogP contribution in [0.1, 0.15) is 11.1 Å². The van der Waals surface area contributed by atoms with E-state index >= 15 is 0 Å². The average molecular weight is 748 g/mol. The number of halogens is 6. The molecule has 0 fully saturated rings. The van der Waals surface area contributed by atoms with Crippen LogP contribution in [0.2, 0.25) is 0 Å². The van der Waals surface area contributed by atoms with Gasteiger partial charge in [0.25, 0.3) is 0 Å². The van der Waals surface area contributed by atoms with Gasteiger partial charge >= 0.3 is 0 Å². The van der Waals surface area contributed by atoms with E-state index in [1.807, 2.05) is 21.6 Å². The largest absolute Gasteiger partial charge is 0.0938 e. The third kappa shape index (κ3) is 6.88. The molecule has 0 amide bonds. The third-order valence-corrected chi connectivity index (χ3v) is 9.32. The summed E-state index contributed by atoms with van der Waals surface area (Å²) in [5, 5.41) is 0. The van der Waals surface area contributed by atoms with Gasteiger partial charge in [0.05, 0.1) is 0 Å². The predicted octanol–water partition coefficient (Wildman–Crippen LogP) is 9.43. The van der Waals surface area contributed by atoms with Gasteiger partial charge in [-0.3, -0.25) is 0 Å². The highest BCUT2D eigenvalue weighted by Gasteiger charge is 2.08. The number of rotatable bonds is 7. The van der Waals surface area contributed by atoms with Gasteiger partial charge in [-0.1, -0.05) is 117 Å². The maximum Gasteiger partial charge on any atom is 0.0230 e. The molecule has 0 atom stereocenters. The van der Waals surface area contributed by atoms with Crippen LogP contribution in [0.4, 0.5) is 0 Å². The van der Waals surface area contributed by atoms with E-state index in [1.54, 1.807) is 0 Å². The lowest BCUT2D eigenvalue weighted by Crippen LogP contribution is -1.93. The molecule has 0 heterocycles. The summed E-state index contributed by atoms with van der Waals surface area (Å²) < 4.78 is 6.76. The molecule has 0 bridgehead atoms. The Morgan fingerprint density at radius 2 is 0.833 bits per heavy atom. The van der Waals surface area contributed by atoms with Gasteiger partial charge in [-0.25, -0.2) is 0 Å². The minimum absolute atomic E-state index is 1.04. The molecular weight excluding hydrogens is 736 g/mol. The Kier molecular flexibility index (Phi) is 10.3. The second kappa shape index (κ2) is 11.1. The van der Waals surface area contributed by atoms with E-state index in [0.717, 1.165) is 51.2 Å². The molecule has 130 valence electrons. The van der Waals surface area contributed by atoms with E-state index in [9.17, 15) is 0 Å². The fourth-order valence-corrected chi connectivity index (χ4v) is 9.36. The van der Waals surface area contributed by atoms with E-state index in [2.05, 4.69) is 120 Å². The van der Waals surface area contributed by atoms with Gasteiger partial charge in [0.15, 0.2) is 0 Å². The molecule has 0 aromatic heterocycles. The molecule has 2 aromatic rings. The first-order valence-corrected chi connectivity index (χ1v) is 14.1. The SMILES string of the molecule is Brc1cc(Br)c(CCSSCCc2c(Br)cc(Br)cc2Br)c(Br)c1. The highest BCUT2D eigenvalue weighted by Crippen LogP contribution is 2.34. The maximum absolute atomic E-state index is 3.64. The molecule has 0 saturated carbocycles. The van der Waals surface area contributed by atoms with Crippen molar-refractivity contribution in [1.29, 1.82) is 0 Å². The van der Waals surface area contributed by atoms with Gasteiger partial charge in [0.1, 0.15) is 0 Å². The molecule has 2 rings (SSSR count). The summed E-state index contributed by atoms with van der Waals surface area (Å²) in [6.45, 7) is 0. The number of hydrogen-bond donors (Lipinski definition) is 0. The van der Waals surface area contributed by atoms with Crippen LogP contribution in [0.5, 0.6) is 0 Å². The molecule has 0 nitrogen and oxygen atoms in total. The lowest BCUT2D eigenvalue weighted by Gasteiger charge is -2.09. The van der Waals surface area contributed by atoms with E-state index in [4.69, 9.17) is 0 Å². The molecule has 0 aliphatic carbocycles. The lowest BCUT2D eigenvalue weighted by atomic mass is 10.2. The van der Waals surface area contributed by atoms with Crippen LogP contribution in [0, 0.1) is 0 Å². The Morgan fingerprint density at radius 1 is 0.542 bits per heavy atom. The molecule has 0 aliphatic heterocycles. The Labute approximate surface area is 201 Å². The Hall–Kier alpha value is 2.02. The smallest absolute Gasteiger partial charge is 0.0230 e. The van der Waals surface area contributed by atoms with E-state index < -0.39 is 0 Å². The van der Waals surface area contributed by atoms with E-state index in [1.165, 1.54) is 11.1 Å². The molecule has 0 unspecified atom stereocenters. The number of hydrogen-bond acceptors (Lipinski definition) is 2. The van der Waals surface area contributed by atoms with Gasteiger partial charge in [-0.15, -0.1) is 0 Å². The van der Waals surface area contributed by atoms with Crippen molar-refractivity contribution in [2.75, 3.05) is 11.5 Å². The van der Waals surface area contributed by atoms with Crippen molar-refractivity contribution >= 4 is 117 Å². The fourth-order valence-electron chi connectivity index (χ4n) is 2.03. The first kappa shape index (κ1) is 22.3. The molecule has 0 spiro atoms. The van der Waals surface area contributed by atoms with Crippen LogP contribution in [0.15, 0.2) is 51.1 Å². The van der Waals surface area contributed by atoms with Crippen molar-refractivity contribution in [1.82, 2.24) is 0 Å². The summed E-state index contributed by atoms with van der Waals surface area (Å²) in [5.41, 5.74) is 2.65. The molecule has 8 heteroatoms. The van der Waals surface area contributed by atoms with Crippen LogP contribution in [0.25, 0.3) is 0 Å². The van der Waals surface area contributed by atoms with Crippen LogP contribution >= 0.6 is 117 Å². The molecule has 0 aliphatic rings. The molecule has 2 aromatic carbocycles. The highest BCUT2D eigenvalue weighted by atomic mass is 79.9. The zero-order chi connectivity index (χ0) is 17.7. The van der Waals surface area contributed by atoms with Gasteiger partial charge in [-0.05, 0) is 48.2 Å². The summed E-state index contributed by atoms with van der Waals surface area (Å²) in [6.07, 6.45) is 2.08. The zero-order valence-corrected chi connectivity index (χ0v) is 23.4. The topological polar surface area (TPSA) is 0 Å². The van der Waals surface area contributed by atoms with Crippen molar-refractivity contribution in [3.8, 4) is 0 Å². The highest BCUT2D eigenvalue weighted by molar-refractivity contribution is 9.12. The summed E-state index contributed by atoms with van der Waals surface area (Å²) in [7, 11) is 3.85. The van der Waals surface area contributed by atoms with Crippen LogP contribution in [-0.4, -0.2) is 11.5 Å². The Bertz CT molecular complexity index is 612. The van der Waals surface area contributed by atoms with E-state index in [-0.39, 0.29) is 0 Å². The van der Waals surface area contributed by atoms with Crippen molar-refractivity contribution in [2.45, 2.75) is 12.8 Å². The Morgan fingerprint density at radius 3 is 1.12 bits per heavy atom. The summed E-state index contributed by atoms with van der Waals surface area (Å²) in [5.74, 6) is 2.18. The molecule has 24 heavy (non-hydrogen) atoms. The molecule has 0 saturated heterocycles. The standard InChI is InChI=1S/C16H12Br6S2/c17-9-5-13(19)11(14(20)6-9)1-3-23-24-4-2-12-15(21)7-10(18)8-16(12)22/h5-8H,1-4H2. The first-order chi connectivity index (χ1) is 11.4. The fraction of sp³-hybridized carbons (Fsp3) is 0.250. The predicted molar refractivity (Wildman–Crippen MR) is 131 cm³/mol. The van der Waals surface area contributed by atoms with Crippen molar-refractivity contribution < 1.29 is 0 Å². The second-order valence-corrected chi connectivity index (χ2v) is 12.8. The van der Waals surface area contributed by atoms with Gasteiger partial charge in [0, 0.05) is 38.3 Å². The first-order valence-electron chi connectivity index (χ1n) is 6.89. The minimum atomic E-state index is 1.04. The molecule has 0 radical (unpaired) electrons. The van der Waals surface area contributed by atoms with Crippen molar-refractivity contribution in [2.24, 2.45) is 0 Å². The number of benzene rings is 2. The zero-order valence-electron chi connectivity index (χ0n) is 12.2. The third-order valence-electron chi connectivity index (χ3n) is 3.17. The monoisotopic (exact) mass is 742 g/mol. The second-order valence-electron chi connectivity index (χ2n) is 4.84. The average Bonchev–Trinajstić information content (AvgIpc) is 2.46. The summed E-state index contributed by atoms with van der Waals surface area (Å²) in [6, 6.07) is 8.39. The molecule has 0 N–H and O–H groups in total. The van der Waals surface area contributed by atoms with E-state index in [0.29, 0.717) is 0 Å². The van der Waals surface area contributed by atoms with Gasteiger partial charge in [0.2, 0.25) is 0 Å². The van der Waals surface area contributed by atoms with Gasteiger partial charge < -0.3 is 0 Å². The summed E-state index contributed by atoms with van der Waals surface area (Å²) >= 11 is 21.6.